The topological polar surface area (TPSA) is 29.5 Å². The summed E-state index contributed by atoms with van der Waals surface area (Å²) >= 11 is 6.17. The number of methoxy groups -OCH3 is 1. The molecule has 4 heteroatoms. The molecule has 1 aliphatic rings. The van der Waals surface area contributed by atoms with Crippen molar-refractivity contribution >= 4 is 23.6 Å². The van der Waals surface area contributed by atoms with Crippen LogP contribution in [0.25, 0.3) is 0 Å². The van der Waals surface area contributed by atoms with Crippen molar-refractivity contribution in [3.63, 3.8) is 0 Å². The largest absolute Gasteiger partial charge is 0.497 e. The SMILES string of the molecule is C=C(C=O)[C@H]1c2cc(Cl)ccc2CCN1c1ccc(OC)cc1. The highest BCUT2D eigenvalue weighted by atomic mass is 35.5. The number of benzene rings is 2. The van der Waals surface area contributed by atoms with Gasteiger partial charge in [0.25, 0.3) is 0 Å². The molecule has 118 valence electrons. The molecule has 0 amide bonds. The fraction of sp³-hybridized carbons (Fsp3) is 0.211. The minimum absolute atomic E-state index is 0.191. The quantitative estimate of drug-likeness (QED) is 0.622. The molecule has 0 bridgehead atoms. The zero-order valence-corrected chi connectivity index (χ0v) is 13.7. The van der Waals surface area contributed by atoms with E-state index < -0.39 is 0 Å². The van der Waals surface area contributed by atoms with Crippen LogP contribution in [0.3, 0.4) is 0 Å². The molecular formula is C19H18ClNO2. The van der Waals surface area contributed by atoms with Crippen molar-refractivity contribution in [2.45, 2.75) is 12.5 Å². The molecule has 0 aromatic heterocycles. The molecule has 0 saturated carbocycles. The molecule has 2 aromatic rings. The maximum absolute atomic E-state index is 11.4. The van der Waals surface area contributed by atoms with E-state index in [2.05, 4.69) is 11.5 Å². The minimum Gasteiger partial charge on any atom is -0.497 e. The van der Waals surface area contributed by atoms with E-state index >= 15 is 0 Å². The van der Waals surface area contributed by atoms with Crippen LogP contribution in [0.2, 0.25) is 5.02 Å². The number of ether oxygens (including phenoxy) is 1. The summed E-state index contributed by atoms with van der Waals surface area (Å²) in [6, 6.07) is 13.5. The number of anilines is 1. The van der Waals surface area contributed by atoms with Gasteiger partial charge in [-0.25, -0.2) is 0 Å². The molecule has 0 saturated heterocycles. The number of carbonyl (C=O) groups is 1. The maximum atomic E-state index is 11.4. The summed E-state index contributed by atoms with van der Waals surface area (Å²) in [5, 5.41) is 0.670. The normalized spacial score (nSPS) is 16.6. The van der Waals surface area contributed by atoms with Gasteiger partial charge in [0.1, 0.15) is 12.0 Å². The number of fused-ring (bicyclic) bond motifs is 1. The van der Waals surface area contributed by atoms with Gasteiger partial charge in [-0.2, -0.15) is 0 Å². The Morgan fingerprint density at radius 1 is 1.30 bits per heavy atom. The number of carbonyl (C=O) groups excluding carboxylic acids is 1. The van der Waals surface area contributed by atoms with E-state index in [-0.39, 0.29) is 6.04 Å². The van der Waals surface area contributed by atoms with Crippen LogP contribution in [0.15, 0.2) is 54.6 Å². The van der Waals surface area contributed by atoms with E-state index in [1.165, 1.54) is 5.56 Å². The first-order valence-corrected chi connectivity index (χ1v) is 7.85. The maximum Gasteiger partial charge on any atom is 0.147 e. The zero-order valence-electron chi connectivity index (χ0n) is 13.0. The van der Waals surface area contributed by atoms with Crippen LogP contribution in [0.1, 0.15) is 17.2 Å². The van der Waals surface area contributed by atoms with Crippen molar-refractivity contribution < 1.29 is 9.53 Å². The Morgan fingerprint density at radius 2 is 2.04 bits per heavy atom. The summed E-state index contributed by atoms with van der Waals surface area (Å²) in [6.45, 7) is 4.78. The molecule has 3 nitrogen and oxygen atoms in total. The second-order valence-electron chi connectivity index (χ2n) is 5.58. The van der Waals surface area contributed by atoms with Crippen molar-refractivity contribution in [3.05, 3.63) is 70.8 Å². The standard InChI is InChI=1S/C19H18ClNO2/c1-13(12-22)19-18-11-15(20)4-3-14(18)9-10-21(19)16-5-7-17(23-2)8-6-16/h3-8,11-12,19H,1,9-10H2,2H3/t19-/m0/s1. The molecule has 0 unspecified atom stereocenters. The molecule has 0 fully saturated rings. The number of rotatable bonds is 4. The lowest BCUT2D eigenvalue weighted by Gasteiger charge is -2.39. The Bertz CT molecular complexity index is 740. The van der Waals surface area contributed by atoms with Gasteiger partial charge in [-0.05, 0) is 53.9 Å². The minimum atomic E-state index is -0.191. The first kappa shape index (κ1) is 15.6. The predicted octanol–water partition coefficient (Wildman–Crippen LogP) is 4.21. The van der Waals surface area contributed by atoms with Crippen LogP contribution < -0.4 is 9.64 Å². The first-order valence-electron chi connectivity index (χ1n) is 7.47. The monoisotopic (exact) mass is 327 g/mol. The van der Waals surface area contributed by atoms with Crippen LogP contribution in [0.4, 0.5) is 5.69 Å². The highest BCUT2D eigenvalue weighted by Crippen LogP contribution is 2.38. The zero-order chi connectivity index (χ0) is 16.4. The van der Waals surface area contributed by atoms with E-state index in [0.717, 1.165) is 36.3 Å². The van der Waals surface area contributed by atoms with Gasteiger partial charge >= 0.3 is 0 Å². The average Bonchev–Trinajstić information content (AvgIpc) is 2.60. The lowest BCUT2D eigenvalue weighted by Crippen LogP contribution is -2.36. The molecule has 1 heterocycles. The summed E-state index contributed by atoms with van der Waals surface area (Å²) < 4.78 is 5.21. The van der Waals surface area contributed by atoms with Gasteiger partial charge in [0.15, 0.2) is 0 Å². The lowest BCUT2D eigenvalue weighted by molar-refractivity contribution is -0.105. The lowest BCUT2D eigenvalue weighted by atomic mass is 9.88. The molecule has 3 rings (SSSR count). The number of hydrogen-bond acceptors (Lipinski definition) is 3. The molecule has 23 heavy (non-hydrogen) atoms. The number of hydrogen-bond donors (Lipinski definition) is 0. The third kappa shape index (κ3) is 2.97. The van der Waals surface area contributed by atoms with Crippen LogP contribution in [-0.4, -0.2) is 19.9 Å². The fourth-order valence-electron chi connectivity index (χ4n) is 3.10. The van der Waals surface area contributed by atoms with Crippen LogP contribution in [-0.2, 0) is 11.2 Å². The van der Waals surface area contributed by atoms with E-state index in [0.29, 0.717) is 10.6 Å². The summed E-state index contributed by atoms with van der Waals surface area (Å²) in [5.74, 6) is 0.806. The molecule has 0 radical (unpaired) electrons. The van der Waals surface area contributed by atoms with Crippen molar-refractivity contribution in [2.24, 2.45) is 0 Å². The van der Waals surface area contributed by atoms with Crippen LogP contribution in [0.5, 0.6) is 5.75 Å². The van der Waals surface area contributed by atoms with Crippen molar-refractivity contribution in [1.82, 2.24) is 0 Å². The number of halogens is 1. The van der Waals surface area contributed by atoms with Crippen molar-refractivity contribution in [2.75, 3.05) is 18.6 Å². The van der Waals surface area contributed by atoms with Gasteiger partial charge in [0, 0.05) is 22.8 Å². The average molecular weight is 328 g/mol. The second-order valence-corrected chi connectivity index (χ2v) is 6.02. The van der Waals surface area contributed by atoms with Gasteiger partial charge in [-0.3, -0.25) is 4.79 Å². The van der Waals surface area contributed by atoms with Crippen molar-refractivity contribution in [3.8, 4) is 5.75 Å². The molecule has 1 atom stereocenters. The molecule has 0 N–H and O–H groups in total. The summed E-state index contributed by atoms with van der Waals surface area (Å²) in [6.07, 6.45) is 1.73. The Morgan fingerprint density at radius 3 is 2.70 bits per heavy atom. The Hall–Kier alpha value is -2.26. The highest BCUT2D eigenvalue weighted by molar-refractivity contribution is 6.30. The second kappa shape index (κ2) is 6.47. The Labute approximate surface area is 141 Å². The first-order chi connectivity index (χ1) is 11.1. The van der Waals surface area contributed by atoms with Gasteiger partial charge in [0.2, 0.25) is 0 Å². The summed E-state index contributed by atoms with van der Waals surface area (Å²) in [7, 11) is 1.64. The highest BCUT2D eigenvalue weighted by Gasteiger charge is 2.29. The predicted molar refractivity (Wildman–Crippen MR) is 93.4 cm³/mol. The molecular weight excluding hydrogens is 310 g/mol. The van der Waals surface area contributed by atoms with E-state index in [4.69, 9.17) is 16.3 Å². The molecule has 2 aromatic carbocycles. The van der Waals surface area contributed by atoms with Gasteiger partial charge in [-0.1, -0.05) is 24.2 Å². The molecule has 0 spiro atoms. The summed E-state index contributed by atoms with van der Waals surface area (Å²) in [5.41, 5.74) is 3.83. The van der Waals surface area contributed by atoms with E-state index in [9.17, 15) is 4.79 Å². The van der Waals surface area contributed by atoms with Crippen LogP contribution >= 0.6 is 11.6 Å². The van der Waals surface area contributed by atoms with Gasteiger partial charge < -0.3 is 9.64 Å². The number of nitrogens with zero attached hydrogens (tertiary/aromatic N) is 1. The third-order valence-corrected chi connectivity index (χ3v) is 4.48. The Kier molecular flexibility index (Phi) is 4.39. The molecule has 1 aliphatic heterocycles. The third-order valence-electron chi connectivity index (χ3n) is 4.24. The smallest absolute Gasteiger partial charge is 0.147 e. The fourth-order valence-corrected chi connectivity index (χ4v) is 3.28. The Balaban J connectivity index is 2.05. The van der Waals surface area contributed by atoms with E-state index in [1.807, 2.05) is 42.5 Å². The van der Waals surface area contributed by atoms with Crippen molar-refractivity contribution in [1.29, 1.82) is 0 Å². The number of aldehydes is 1. The van der Waals surface area contributed by atoms with E-state index in [1.54, 1.807) is 7.11 Å². The molecule has 0 aliphatic carbocycles. The van der Waals surface area contributed by atoms with Gasteiger partial charge in [0.05, 0.1) is 13.2 Å². The van der Waals surface area contributed by atoms with Gasteiger partial charge in [-0.15, -0.1) is 0 Å². The summed E-state index contributed by atoms with van der Waals surface area (Å²) in [4.78, 5) is 13.6. The van der Waals surface area contributed by atoms with Crippen LogP contribution in [0, 0.1) is 0 Å².